The van der Waals surface area contributed by atoms with Crippen LogP contribution < -0.4 is 4.74 Å². The lowest BCUT2D eigenvalue weighted by molar-refractivity contribution is 0.103. The van der Waals surface area contributed by atoms with Crippen LogP contribution in [-0.2, 0) is 0 Å². The van der Waals surface area contributed by atoms with Gasteiger partial charge in [0.2, 0.25) is 0 Å². The second-order valence-corrected chi connectivity index (χ2v) is 4.13. The van der Waals surface area contributed by atoms with Crippen molar-refractivity contribution in [2.24, 2.45) is 0 Å². The Balaban J connectivity index is 2.35. The molecule has 0 aliphatic carbocycles. The molecule has 0 saturated carbocycles. The molecule has 0 aliphatic heterocycles. The van der Waals surface area contributed by atoms with E-state index in [1.54, 1.807) is 43.8 Å². The first-order chi connectivity index (χ1) is 7.72. The van der Waals surface area contributed by atoms with Crippen molar-refractivity contribution in [2.45, 2.75) is 0 Å². The van der Waals surface area contributed by atoms with Crippen molar-refractivity contribution in [3.05, 3.63) is 52.3 Å². The summed E-state index contributed by atoms with van der Waals surface area (Å²) >= 11 is 3.35. The number of rotatable bonds is 3. The number of halogens is 1. The molecule has 0 atom stereocenters. The molecule has 1 aromatic carbocycles. The highest BCUT2D eigenvalue weighted by Crippen LogP contribution is 2.26. The molecule has 0 amide bonds. The molecule has 1 N–H and O–H groups in total. The lowest BCUT2D eigenvalue weighted by Gasteiger charge is -2.04. The second kappa shape index (κ2) is 4.53. The van der Waals surface area contributed by atoms with Crippen molar-refractivity contribution in [3.8, 4) is 5.75 Å². The summed E-state index contributed by atoms with van der Waals surface area (Å²) in [6.45, 7) is 0. The monoisotopic (exact) mass is 279 g/mol. The zero-order valence-electron chi connectivity index (χ0n) is 8.66. The number of aromatic amines is 1. The first-order valence-corrected chi connectivity index (χ1v) is 5.52. The van der Waals surface area contributed by atoms with Crippen LogP contribution in [0.25, 0.3) is 0 Å². The molecule has 0 unspecified atom stereocenters. The van der Waals surface area contributed by atoms with Crippen LogP contribution in [-0.4, -0.2) is 17.9 Å². The largest absolute Gasteiger partial charge is 0.496 e. The van der Waals surface area contributed by atoms with E-state index in [0.29, 0.717) is 16.9 Å². The molecule has 0 bridgehead atoms. The lowest BCUT2D eigenvalue weighted by atomic mass is 10.1. The van der Waals surface area contributed by atoms with Gasteiger partial charge < -0.3 is 9.72 Å². The Morgan fingerprint density at radius 1 is 1.31 bits per heavy atom. The number of ether oxygens (including phenoxy) is 1. The van der Waals surface area contributed by atoms with E-state index in [1.165, 1.54) is 0 Å². The molecule has 2 aromatic rings. The third-order valence-corrected chi connectivity index (χ3v) is 2.89. The van der Waals surface area contributed by atoms with E-state index in [1.807, 2.05) is 0 Å². The average molecular weight is 280 g/mol. The maximum Gasteiger partial charge on any atom is 0.194 e. The van der Waals surface area contributed by atoms with Gasteiger partial charge in [0.1, 0.15) is 5.75 Å². The molecule has 0 radical (unpaired) electrons. The summed E-state index contributed by atoms with van der Waals surface area (Å²) in [6.07, 6.45) is 3.41. The molecule has 0 aliphatic rings. The Kier molecular flexibility index (Phi) is 3.10. The summed E-state index contributed by atoms with van der Waals surface area (Å²) in [7, 11) is 1.59. The van der Waals surface area contributed by atoms with E-state index in [2.05, 4.69) is 20.9 Å². The Morgan fingerprint density at radius 3 is 2.69 bits per heavy atom. The van der Waals surface area contributed by atoms with E-state index >= 15 is 0 Å². The quantitative estimate of drug-likeness (QED) is 0.878. The van der Waals surface area contributed by atoms with Crippen LogP contribution in [0, 0.1) is 0 Å². The summed E-state index contributed by atoms with van der Waals surface area (Å²) in [5, 5.41) is 0. The summed E-state index contributed by atoms with van der Waals surface area (Å²) in [5.74, 6) is 0.704. The number of carbonyl (C=O) groups excluding carboxylic acids is 1. The number of methoxy groups -OCH3 is 1. The van der Waals surface area contributed by atoms with Crippen LogP contribution in [0.15, 0.2) is 41.1 Å². The highest BCUT2D eigenvalue weighted by atomic mass is 79.9. The van der Waals surface area contributed by atoms with Gasteiger partial charge in [0, 0.05) is 23.5 Å². The molecule has 0 saturated heterocycles. The first kappa shape index (κ1) is 11.0. The fourth-order valence-corrected chi connectivity index (χ4v) is 1.98. The van der Waals surface area contributed by atoms with E-state index in [4.69, 9.17) is 4.74 Å². The predicted molar refractivity (Wildman–Crippen MR) is 64.9 cm³/mol. The molecule has 16 heavy (non-hydrogen) atoms. The van der Waals surface area contributed by atoms with Crippen LogP contribution >= 0.6 is 15.9 Å². The van der Waals surface area contributed by atoms with E-state index < -0.39 is 0 Å². The van der Waals surface area contributed by atoms with E-state index in [0.717, 1.165) is 4.47 Å². The van der Waals surface area contributed by atoms with Gasteiger partial charge in [-0.05, 0) is 40.2 Å². The predicted octanol–water partition coefficient (Wildman–Crippen LogP) is 3.02. The zero-order valence-corrected chi connectivity index (χ0v) is 10.2. The fourth-order valence-electron chi connectivity index (χ4n) is 1.44. The summed E-state index contributed by atoms with van der Waals surface area (Å²) < 4.78 is 5.88. The Hall–Kier alpha value is -1.55. The van der Waals surface area contributed by atoms with Gasteiger partial charge in [-0.15, -0.1) is 0 Å². The normalized spacial score (nSPS) is 10.1. The summed E-state index contributed by atoms with van der Waals surface area (Å²) in [4.78, 5) is 14.8. The topological polar surface area (TPSA) is 42.1 Å². The third-order valence-electron chi connectivity index (χ3n) is 2.27. The van der Waals surface area contributed by atoms with Crippen LogP contribution in [0.3, 0.4) is 0 Å². The highest BCUT2D eigenvalue weighted by Gasteiger charge is 2.11. The Morgan fingerprint density at radius 2 is 2.12 bits per heavy atom. The van der Waals surface area contributed by atoms with Crippen LogP contribution in [0.1, 0.15) is 15.9 Å². The maximum absolute atomic E-state index is 12.0. The molecule has 1 aromatic heterocycles. The minimum atomic E-state index is -0.00963. The molecule has 2 rings (SSSR count). The number of nitrogens with one attached hydrogen (secondary N) is 1. The standard InChI is InChI=1S/C12H10BrNO2/c1-16-11-3-2-8(6-10(11)13)12(15)9-4-5-14-7-9/h2-7,14H,1H3. The molecule has 82 valence electrons. The number of aromatic nitrogens is 1. The van der Waals surface area contributed by atoms with Gasteiger partial charge in [0.25, 0.3) is 0 Å². The molecule has 3 nitrogen and oxygen atoms in total. The van der Waals surface area contributed by atoms with Gasteiger partial charge in [-0.25, -0.2) is 0 Å². The zero-order chi connectivity index (χ0) is 11.5. The van der Waals surface area contributed by atoms with Gasteiger partial charge in [0.15, 0.2) is 5.78 Å². The Bertz CT molecular complexity index is 506. The van der Waals surface area contributed by atoms with Crippen molar-refractivity contribution < 1.29 is 9.53 Å². The second-order valence-electron chi connectivity index (χ2n) is 3.28. The molecule has 1 heterocycles. The number of hydrogen-bond donors (Lipinski definition) is 1. The molecular weight excluding hydrogens is 270 g/mol. The van der Waals surface area contributed by atoms with Crippen LogP contribution in [0.4, 0.5) is 0 Å². The van der Waals surface area contributed by atoms with Gasteiger partial charge in [-0.1, -0.05) is 0 Å². The smallest absolute Gasteiger partial charge is 0.194 e. The van der Waals surface area contributed by atoms with Crippen molar-refractivity contribution in [3.63, 3.8) is 0 Å². The van der Waals surface area contributed by atoms with E-state index in [9.17, 15) is 4.79 Å². The van der Waals surface area contributed by atoms with Gasteiger partial charge in [-0.2, -0.15) is 0 Å². The summed E-state index contributed by atoms with van der Waals surface area (Å²) in [5.41, 5.74) is 1.28. The van der Waals surface area contributed by atoms with Crippen molar-refractivity contribution >= 4 is 21.7 Å². The van der Waals surface area contributed by atoms with Crippen LogP contribution in [0.2, 0.25) is 0 Å². The average Bonchev–Trinajstić information content (AvgIpc) is 2.81. The highest BCUT2D eigenvalue weighted by molar-refractivity contribution is 9.10. The molecular formula is C12H10BrNO2. The van der Waals surface area contributed by atoms with Crippen LogP contribution in [0.5, 0.6) is 5.75 Å². The van der Waals surface area contributed by atoms with Gasteiger partial charge >= 0.3 is 0 Å². The van der Waals surface area contributed by atoms with E-state index in [-0.39, 0.29) is 5.78 Å². The van der Waals surface area contributed by atoms with Crippen molar-refractivity contribution in [1.82, 2.24) is 4.98 Å². The minimum Gasteiger partial charge on any atom is -0.496 e. The number of ketones is 1. The SMILES string of the molecule is COc1ccc(C(=O)c2cc[nH]c2)cc1Br. The lowest BCUT2D eigenvalue weighted by Crippen LogP contribution is -1.99. The van der Waals surface area contributed by atoms with Crippen molar-refractivity contribution in [1.29, 1.82) is 0 Å². The van der Waals surface area contributed by atoms with Gasteiger partial charge in [0.05, 0.1) is 11.6 Å². The number of H-pyrrole nitrogens is 1. The number of carbonyl (C=O) groups is 1. The van der Waals surface area contributed by atoms with Crippen molar-refractivity contribution in [2.75, 3.05) is 7.11 Å². The minimum absolute atomic E-state index is 0.00963. The summed E-state index contributed by atoms with van der Waals surface area (Å²) in [6, 6.07) is 7.03. The molecule has 0 fully saturated rings. The molecule has 4 heteroatoms. The van der Waals surface area contributed by atoms with Gasteiger partial charge in [-0.3, -0.25) is 4.79 Å². The first-order valence-electron chi connectivity index (χ1n) is 4.73. The molecule has 0 spiro atoms. The maximum atomic E-state index is 12.0. The fraction of sp³-hybridized carbons (Fsp3) is 0.0833. The Labute approximate surface area is 102 Å². The number of hydrogen-bond acceptors (Lipinski definition) is 2. The third kappa shape index (κ3) is 2.02. The number of benzene rings is 1.